The van der Waals surface area contributed by atoms with Crippen LogP contribution in [-0.2, 0) is 14.8 Å². The van der Waals surface area contributed by atoms with Crippen molar-refractivity contribution in [3.05, 3.63) is 40.8 Å². The van der Waals surface area contributed by atoms with E-state index in [4.69, 9.17) is 0 Å². The van der Waals surface area contributed by atoms with Crippen molar-refractivity contribution in [2.45, 2.75) is 58.4 Å². The van der Waals surface area contributed by atoms with Crippen LogP contribution in [0.1, 0.15) is 56.6 Å². The van der Waals surface area contributed by atoms with Crippen LogP contribution in [0, 0.1) is 30.1 Å². The monoisotopic (exact) mass is 416 g/mol. The molecule has 1 amide bonds. The summed E-state index contributed by atoms with van der Waals surface area (Å²) in [5, 5.41) is 4.22. The van der Waals surface area contributed by atoms with Crippen LogP contribution in [0.4, 0.5) is 0 Å². The molecule has 158 valence electrons. The van der Waals surface area contributed by atoms with Crippen LogP contribution in [-0.4, -0.2) is 26.9 Å². The molecule has 1 aromatic rings. The molecule has 0 aliphatic heterocycles. The summed E-state index contributed by atoms with van der Waals surface area (Å²) in [5.41, 5.74) is 2.14. The Morgan fingerprint density at radius 3 is 2.21 bits per heavy atom. The van der Waals surface area contributed by atoms with Crippen molar-refractivity contribution < 1.29 is 13.2 Å². The van der Waals surface area contributed by atoms with E-state index >= 15 is 0 Å². The highest BCUT2D eigenvalue weighted by Gasteiger charge is 2.53. The average Bonchev–Trinajstić information content (AvgIpc) is 2.65. The van der Waals surface area contributed by atoms with Crippen molar-refractivity contribution in [3.8, 4) is 0 Å². The maximum atomic E-state index is 12.4. The van der Waals surface area contributed by atoms with Crippen LogP contribution in [0.2, 0.25) is 0 Å². The summed E-state index contributed by atoms with van der Waals surface area (Å²) < 4.78 is 26.8. The van der Waals surface area contributed by atoms with E-state index in [1.807, 2.05) is 31.2 Å². The van der Waals surface area contributed by atoms with Gasteiger partial charge in [-0.3, -0.25) is 4.79 Å². The third kappa shape index (κ3) is 4.75. The largest absolute Gasteiger partial charge is 0.352 e. The Hall–Kier alpha value is -1.66. The molecule has 0 radical (unpaired) electrons. The van der Waals surface area contributed by atoms with Crippen molar-refractivity contribution in [1.29, 1.82) is 0 Å². The van der Waals surface area contributed by atoms with Gasteiger partial charge in [0, 0.05) is 11.4 Å². The van der Waals surface area contributed by atoms with Gasteiger partial charge in [0.05, 0.1) is 6.54 Å². The van der Waals surface area contributed by atoms with Gasteiger partial charge in [-0.2, -0.15) is 0 Å². The highest BCUT2D eigenvalue weighted by Crippen LogP contribution is 2.61. The zero-order valence-electron chi connectivity index (χ0n) is 17.4. The Bertz CT molecular complexity index is 854. The van der Waals surface area contributed by atoms with E-state index in [1.165, 1.54) is 44.6 Å². The Balaban J connectivity index is 1.30. The summed E-state index contributed by atoms with van der Waals surface area (Å²) in [6, 6.07) is 7.68. The lowest BCUT2D eigenvalue weighted by Crippen LogP contribution is -2.56. The van der Waals surface area contributed by atoms with Crippen LogP contribution in [0.15, 0.2) is 29.7 Å². The van der Waals surface area contributed by atoms with Gasteiger partial charge in [0.25, 0.3) is 0 Å². The normalized spacial score (nSPS) is 31.9. The van der Waals surface area contributed by atoms with Gasteiger partial charge in [-0.25, -0.2) is 13.1 Å². The molecule has 29 heavy (non-hydrogen) atoms. The topological polar surface area (TPSA) is 75.3 Å². The number of carbonyl (C=O) groups is 1. The smallest absolute Gasteiger partial charge is 0.235 e. The van der Waals surface area contributed by atoms with Gasteiger partial charge in [0.15, 0.2) is 0 Å². The molecule has 1 aromatic carbocycles. The summed E-state index contributed by atoms with van der Waals surface area (Å²) in [4.78, 5) is 12.4. The van der Waals surface area contributed by atoms with Gasteiger partial charge >= 0.3 is 0 Å². The standard InChI is InChI=1S/C23H32N2O3S/c1-16-3-5-18(6-4-16)7-8-29(27,28)24-15-22(26)25-17(2)23-12-19-9-20(13-23)11-21(10-19)14-23/h3-8,17,19-21,24H,9-15H2,1-2H3,(H,25,26). The second-order valence-electron chi connectivity index (χ2n) is 9.65. The van der Waals surface area contributed by atoms with Crippen LogP contribution < -0.4 is 10.0 Å². The fourth-order valence-electron chi connectivity index (χ4n) is 6.21. The molecule has 5 nitrogen and oxygen atoms in total. The van der Waals surface area contributed by atoms with E-state index in [-0.39, 0.29) is 23.9 Å². The van der Waals surface area contributed by atoms with Gasteiger partial charge in [-0.1, -0.05) is 29.8 Å². The molecular weight excluding hydrogens is 384 g/mol. The number of benzene rings is 1. The first-order chi connectivity index (χ1) is 13.7. The molecule has 1 unspecified atom stereocenters. The lowest BCUT2D eigenvalue weighted by molar-refractivity contribution is -0.124. The Morgan fingerprint density at radius 2 is 1.66 bits per heavy atom. The van der Waals surface area contributed by atoms with Gasteiger partial charge in [0.1, 0.15) is 0 Å². The maximum absolute atomic E-state index is 12.4. The second-order valence-corrected chi connectivity index (χ2v) is 11.3. The summed E-state index contributed by atoms with van der Waals surface area (Å²) in [5.74, 6) is 2.23. The third-order valence-electron chi connectivity index (χ3n) is 7.33. The molecule has 0 aromatic heterocycles. The molecule has 1 atom stereocenters. The van der Waals surface area contributed by atoms with Crippen molar-refractivity contribution in [3.63, 3.8) is 0 Å². The van der Waals surface area contributed by atoms with E-state index < -0.39 is 10.0 Å². The van der Waals surface area contributed by atoms with Gasteiger partial charge in [-0.15, -0.1) is 0 Å². The van der Waals surface area contributed by atoms with Crippen LogP contribution in [0.25, 0.3) is 6.08 Å². The molecule has 2 N–H and O–H groups in total. The van der Waals surface area contributed by atoms with Crippen molar-refractivity contribution in [2.75, 3.05) is 6.54 Å². The highest BCUT2D eigenvalue weighted by atomic mass is 32.2. The Labute approximate surface area is 174 Å². The predicted molar refractivity (Wildman–Crippen MR) is 115 cm³/mol. The molecule has 4 bridgehead atoms. The predicted octanol–water partition coefficient (Wildman–Crippen LogP) is 3.61. The van der Waals surface area contributed by atoms with Gasteiger partial charge in [0.2, 0.25) is 15.9 Å². The zero-order valence-corrected chi connectivity index (χ0v) is 18.2. The molecule has 6 heteroatoms. The molecule has 4 fully saturated rings. The molecule has 0 spiro atoms. The molecule has 0 saturated heterocycles. The summed E-state index contributed by atoms with van der Waals surface area (Å²) in [6.45, 7) is 3.86. The van der Waals surface area contributed by atoms with E-state index in [0.29, 0.717) is 0 Å². The number of aryl methyl sites for hydroxylation is 1. The lowest BCUT2D eigenvalue weighted by Gasteiger charge is -2.59. The van der Waals surface area contributed by atoms with E-state index in [0.717, 1.165) is 34.3 Å². The van der Waals surface area contributed by atoms with Crippen LogP contribution >= 0.6 is 0 Å². The number of carbonyl (C=O) groups excluding carboxylic acids is 1. The first kappa shape index (κ1) is 20.6. The van der Waals surface area contributed by atoms with Crippen LogP contribution in [0.5, 0.6) is 0 Å². The number of nitrogens with one attached hydrogen (secondary N) is 2. The summed E-state index contributed by atoms with van der Waals surface area (Å²) >= 11 is 0. The minimum Gasteiger partial charge on any atom is -0.352 e. The summed E-state index contributed by atoms with van der Waals surface area (Å²) in [6.07, 6.45) is 9.28. The third-order valence-corrected chi connectivity index (χ3v) is 8.37. The number of amides is 1. The molecule has 5 rings (SSSR count). The molecule has 4 saturated carbocycles. The van der Waals surface area contributed by atoms with E-state index in [2.05, 4.69) is 17.0 Å². The van der Waals surface area contributed by atoms with E-state index in [9.17, 15) is 13.2 Å². The van der Waals surface area contributed by atoms with Gasteiger partial charge < -0.3 is 5.32 Å². The first-order valence-corrected chi connectivity index (χ1v) is 12.3. The van der Waals surface area contributed by atoms with E-state index in [1.54, 1.807) is 0 Å². The number of hydrogen-bond acceptors (Lipinski definition) is 3. The SMILES string of the molecule is Cc1ccc(C=CS(=O)(=O)NCC(=O)NC(C)C23CC4CC(CC(C4)C2)C3)cc1. The minimum atomic E-state index is -3.66. The maximum Gasteiger partial charge on any atom is 0.235 e. The number of rotatable bonds is 7. The lowest BCUT2D eigenvalue weighted by atomic mass is 9.48. The highest BCUT2D eigenvalue weighted by molar-refractivity contribution is 7.92. The number of hydrogen-bond donors (Lipinski definition) is 2. The Morgan fingerprint density at radius 1 is 1.10 bits per heavy atom. The molecule has 4 aliphatic rings. The molecular formula is C23H32N2O3S. The molecule has 4 aliphatic carbocycles. The van der Waals surface area contributed by atoms with Crippen molar-refractivity contribution >= 4 is 22.0 Å². The van der Waals surface area contributed by atoms with Gasteiger partial charge in [-0.05, 0) is 87.2 Å². The van der Waals surface area contributed by atoms with Crippen LogP contribution in [0.3, 0.4) is 0 Å². The average molecular weight is 417 g/mol. The van der Waals surface area contributed by atoms with Crippen molar-refractivity contribution in [1.82, 2.24) is 10.0 Å². The minimum absolute atomic E-state index is 0.0935. The zero-order chi connectivity index (χ0) is 20.6. The molecule has 0 heterocycles. The summed E-state index contributed by atoms with van der Waals surface area (Å²) in [7, 11) is -3.66. The quantitative estimate of drug-likeness (QED) is 0.713. The Kier molecular flexibility index (Phi) is 5.60. The second kappa shape index (κ2) is 7.88. The van der Waals surface area contributed by atoms with Crippen molar-refractivity contribution in [2.24, 2.45) is 23.2 Å². The first-order valence-electron chi connectivity index (χ1n) is 10.8. The fourth-order valence-corrected chi connectivity index (χ4v) is 6.98. The fraction of sp³-hybridized carbons (Fsp3) is 0.609. The number of sulfonamides is 1.